The predicted octanol–water partition coefficient (Wildman–Crippen LogP) is 2.61. The molecular weight excluding hydrogens is 221 g/mol. The second kappa shape index (κ2) is 2.98. The van der Waals surface area contributed by atoms with Gasteiger partial charge in [0.05, 0.1) is 12.7 Å². The number of epoxide rings is 1. The van der Waals surface area contributed by atoms with Crippen molar-refractivity contribution in [1.82, 2.24) is 0 Å². The van der Waals surface area contributed by atoms with Gasteiger partial charge < -0.3 is 4.74 Å². The Labute approximate surface area is 73.8 Å². The molecule has 14 heavy (non-hydrogen) atoms. The van der Waals surface area contributed by atoms with Crippen LogP contribution in [0.4, 0.5) is 30.7 Å². The molecule has 1 atom stereocenters. The molecule has 1 nitrogen and oxygen atoms in total. The highest BCUT2D eigenvalue weighted by molar-refractivity contribution is 4.98. The van der Waals surface area contributed by atoms with Crippen LogP contribution in [0.5, 0.6) is 0 Å². The number of hydrogen-bond donors (Lipinski definition) is 0. The van der Waals surface area contributed by atoms with Gasteiger partial charge in [0.2, 0.25) is 0 Å². The quantitative estimate of drug-likeness (QED) is 0.520. The van der Waals surface area contributed by atoms with Gasteiger partial charge in [-0.15, -0.1) is 0 Å². The maximum Gasteiger partial charge on any atom is 0.431 e. The third-order valence-electron chi connectivity index (χ3n) is 1.81. The Bertz CT molecular complexity index is 199. The van der Waals surface area contributed by atoms with E-state index in [2.05, 4.69) is 4.74 Å². The Morgan fingerprint density at radius 1 is 0.929 bits per heavy atom. The number of hydrogen-bond acceptors (Lipinski definition) is 1. The molecule has 0 bridgehead atoms. The van der Waals surface area contributed by atoms with Crippen LogP contribution < -0.4 is 0 Å². The van der Waals surface area contributed by atoms with E-state index >= 15 is 0 Å². The first-order valence-corrected chi connectivity index (χ1v) is 3.52. The normalized spacial score (nSPS) is 23.8. The first kappa shape index (κ1) is 11.5. The van der Waals surface area contributed by atoms with Crippen molar-refractivity contribution >= 4 is 0 Å². The monoisotopic (exact) mass is 226 g/mol. The summed E-state index contributed by atoms with van der Waals surface area (Å²) in [6, 6.07) is 0. The highest BCUT2D eigenvalue weighted by Crippen LogP contribution is 2.50. The van der Waals surface area contributed by atoms with Crippen LogP contribution in [0, 0.1) is 0 Å². The lowest BCUT2D eigenvalue weighted by molar-refractivity contribution is -0.344. The lowest BCUT2D eigenvalue weighted by atomic mass is 9.98. The summed E-state index contributed by atoms with van der Waals surface area (Å²) in [6.45, 7) is -0.266. The molecule has 84 valence electrons. The fourth-order valence-electron chi connectivity index (χ4n) is 0.892. The molecule has 0 N–H and O–H groups in total. The van der Waals surface area contributed by atoms with Crippen molar-refractivity contribution in [3.8, 4) is 0 Å². The maximum atomic E-state index is 12.8. The van der Waals surface area contributed by atoms with Crippen molar-refractivity contribution in [3.63, 3.8) is 0 Å². The highest BCUT2D eigenvalue weighted by atomic mass is 19.4. The van der Waals surface area contributed by atoms with Gasteiger partial charge in [0.1, 0.15) is 0 Å². The molecule has 0 unspecified atom stereocenters. The summed E-state index contributed by atoms with van der Waals surface area (Å²) in [6.07, 6.45) is -14.9. The maximum absolute atomic E-state index is 12.8. The van der Waals surface area contributed by atoms with Crippen LogP contribution in [0.15, 0.2) is 0 Å². The van der Waals surface area contributed by atoms with Gasteiger partial charge in [-0.05, 0) is 0 Å². The van der Waals surface area contributed by atoms with Crippen LogP contribution in [0.3, 0.4) is 0 Å². The van der Waals surface area contributed by atoms with Gasteiger partial charge in [-0.3, -0.25) is 0 Å². The Balaban J connectivity index is 2.88. The number of ether oxygens (including phenoxy) is 1. The average Bonchev–Trinajstić information content (AvgIpc) is 2.65. The molecule has 1 saturated heterocycles. The summed E-state index contributed by atoms with van der Waals surface area (Å²) in [5, 5.41) is 0. The number of halogens is 7. The molecule has 1 heterocycles. The molecule has 0 radical (unpaired) electrons. The third-order valence-corrected chi connectivity index (χ3v) is 1.81. The van der Waals surface area contributed by atoms with E-state index in [1.54, 1.807) is 0 Å². The van der Waals surface area contributed by atoms with E-state index in [-0.39, 0.29) is 6.61 Å². The summed E-state index contributed by atoms with van der Waals surface area (Å²) in [5.41, 5.74) is -5.17. The van der Waals surface area contributed by atoms with E-state index in [4.69, 9.17) is 0 Å². The predicted molar refractivity (Wildman–Crippen MR) is 30.3 cm³/mol. The number of alkyl halides is 7. The summed E-state index contributed by atoms with van der Waals surface area (Å²) in [7, 11) is 0. The summed E-state index contributed by atoms with van der Waals surface area (Å²) >= 11 is 0. The van der Waals surface area contributed by atoms with Crippen LogP contribution in [0.2, 0.25) is 0 Å². The Morgan fingerprint density at radius 3 is 1.50 bits per heavy atom. The van der Waals surface area contributed by atoms with Gasteiger partial charge in [-0.2, -0.15) is 26.3 Å². The van der Waals surface area contributed by atoms with Crippen molar-refractivity contribution in [2.45, 2.75) is 30.5 Å². The Hall–Kier alpha value is -0.530. The summed E-state index contributed by atoms with van der Waals surface area (Å²) in [5.74, 6) is 0. The highest BCUT2D eigenvalue weighted by Gasteiger charge is 2.73. The van der Waals surface area contributed by atoms with Gasteiger partial charge in [-0.1, -0.05) is 0 Å². The minimum absolute atomic E-state index is 0.266. The summed E-state index contributed by atoms with van der Waals surface area (Å²) < 4.78 is 87.9. The van der Waals surface area contributed by atoms with E-state index in [0.717, 1.165) is 0 Å². The third kappa shape index (κ3) is 1.94. The molecular formula is C6H5F7O. The molecule has 0 aromatic heterocycles. The van der Waals surface area contributed by atoms with Crippen LogP contribution in [0.1, 0.15) is 6.42 Å². The zero-order valence-electron chi connectivity index (χ0n) is 6.55. The molecule has 0 aliphatic carbocycles. The van der Waals surface area contributed by atoms with Crippen molar-refractivity contribution < 1.29 is 35.5 Å². The van der Waals surface area contributed by atoms with Crippen LogP contribution in [-0.4, -0.2) is 30.7 Å². The zero-order chi connectivity index (χ0) is 11.2. The molecule has 0 saturated carbocycles. The van der Waals surface area contributed by atoms with E-state index in [0.29, 0.717) is 0 Å². The molecule has 1 aliphatic rings. The van der Waals surface area contributed by atoms with Gasteiger partial charge in [0.15, 0.2) is 0 Å². The lowest BCUT2D eigenvalue weighted by Gasteiger charge is -2.29. The van der Waals surface area contributed by atoms with Crippen LogP contribution in [-0.2, 0) is 4.74 Å². The average molecular weight is 226 g/mol. The SMILES string of the molecule is FC(F)(F)C(F)(C[C@@H]1CO1)C(F)(F)F. The zero-order valence-corrected chi connectivity index (χ0v) is 6.55. The largest absolute Gasteiger partial charge is 0.431 e. The van der Waals surface area contributed by atoms with Gasteiger partial charge in [0, 0.05) is 6.42 Å². The molecule has 0 aromatic rings. The van der Waals surface area contributed by atoms with E-state index in [9.17, 15) is 30.7 Å². The Morgan fingerprint density at radius 2 is 1.29 bits per heavy atom. The minimum atomic E-state index is -5.96. The van der Waals surface area contributed by atoms with Crippen LogP contribution >= 0.6 is 0 Å². The van der Waals surface area contributed by atoms with E-state index in [1.807, 2.05) is 0 Å². The Kier molecular flexibility index (Phi) is 2.46. The molecule has 1 aliphatic heterocycles. The van der Waals surface area contributed by atoms with Crippen molar-refractivity contribution in [2.24, 2.45) is 0 Å². The van der Waals surface area contributed by atoms with Gasteiger partial charge in [0.25, 0.3) is 0 Å². The summed E-state index contributed by atoms with van der Waals surface area (Å²) in [4.78, 5) is 0. The van der Waals surface area contributed by atoms with Crippen LogP contribution in [0.25, 0.3) is 0 Å². The fourth-order valence-corrected chi connectivity index (χ4v) is 0.892. The van der Waals surface area contributed by atoms with Crippen molar-refractivity contribution in [1.29, 1.82) is 0 Å². The molecule has 0 amide bonds. The molecule has 8 heteroatoms. The first-order valence-electron chi connectivity index (χ1n) is 3.52. The van der Waals surface area contributed by atoms with E-state index in [1.165, 1.54) is 0 Å². The topological polar surface area (TPSA) is 12.5 Å². The molecule has 0 spiro atoms. The van der Waals surface area contributed by atoms with E-state index < -0.39 is 30.5 Å². The standard InChI is InChI=1S/C6H5F7O/c7-4(5(8,9)10,6(11,12)13)1-3-2-14-3/h3H,1-2H2/t3-/m1/s1. The minimum Gasteiger partial charge on any atom is -0.373 e. The smallest absolute Gasteiger partial charge is 0.373 e. The number of rotatable bonds is 2. The first-order chi connectivity index (χ1) is 6.08. The van der Waals surface area contributed by atoms with Gasteiger partial charge in [-0.25, -0.2) is 4.39 Å². The molecule has 0 aromatic carbocycles. The molecule has 1 rings (SSSR count). The second-order valence-corrected chi connectivity index (χ2v) is 2.96. The van der Waals surface area contributed by atoms with Crippen molar-refractivity contribution in [2.75, 3.05) is 6.61 Å². The van der Waals surface area contributed by atoms with Crippen molar-refractivity contribution in [3.05, 3.63) is 0 Å². The lowest BCUT2D eigenvalue weighted by Crippen LogP contribution is -2.54. The molecule has 1 fully saturated rings. The van der Waals surface area contributed by atoms with Gasteiger partial charge >= 0.3 is 18.0 Å². The fraction of sp³-hybridized carbons (Fsp3) is 1.00. The second-order valence-electron chi connectivity index (χ2n) is 2.96.